The van der Waals surface area contributed by atoms with Crippen molar-refractivity contribution >= 4 is 33.2 Å². The SMILES string of the molecule is CCCN(CC(=O)Nc1ccccc1C)Cc1cn2cc(Br)ccc2n1. The molecule has 0 aliphatic heterocycles. The summed E-state index contributed by atoms with van der Waals surface area (Å²) in [7, 11) is 0. The van der Waals surface area contributed by atoms with Crippen LogP contribution in [0, 0.1) is 6.92 Å². The van der Waals surface area contributed by atoms with Gasteiger partial charge in [0.05, 0.1) is 12.2 Å². The van der Waals surface area contributed by atoms with Crippen LogP contribution in [0.1, 0.15) is 24.6 Å². The first kappa shape index (κ1) is 18.6. The van der Waals surface area contributed by atoms with Gasteiger partial charge >= 0.3 is 0 Å². The van der Waals surface area contributed by atoms with Crippen molar-refractivity contribution < 1.29 is 4.79 Å². The third kappa shape index (κ3) is 4.71. The topological polar surface area (TPSA) is 49.6 Å². The Balaban J connectivity index is 1.67. The lowest BCUT2D eigenvalue weighted by molar-refractivity contribution is -0.117. The van der Waals surface area contributed by atoms with E-state index in [1.807, 2.05) is 60.1 Å². The number of hydrogen-bond acceptors (Lipinski definition) is 3. The highest BCUT2D eigenvalue weighted by atomic mass is 79.9. The number of benzene rings is 1. The molecule has 0 saturated heterocycles. The molecule has 1 aromatic carbocycles. The van der Waals surface area contributed by atoms with Crippen LogP contribution >= 0.6 is 15.9 Å². The molecule has 2 aromatic heterocycles. The monoisotopic (exact) mass is 414 g/mol. The van der Waals surface area contributed by atoms with E-state index in [1.165, 1.54) is 0 Å². The van der Waals surface area contributed by atoms with Crippen molar-refractivity contribution in [3.63, 3.8) is 0 Å². The summed E-state index contributed by atoms with van der Waals surface area (Å²) in [6.07, 6.45) is 4.99. The lowest BCUT2D eigenvalue weighted by Gasteiger charge is -2.20. The molecule has 3 aromatic rings. The molecular weight excluding hydrogens is 392 g/mol. The molecule has 136 valence electrons. The fourth-order valence-electron chi connectivity index (χ4n) is 2.96. The molecule has 0 fully saturated rings. The van der Waals surface area contributed by atoms with Gasteiger partial charge in [-0.1, -0.05) is 25.1 Å². The molecule has 26 heavy (non-hydrogen) atoms. The van der Waals surface area contributed by atoms with Gasteiger partial charge < -0.3 is 9.72 Å². The normalized spacial score (nSPS) is 11.2. The van der Waals surface area contributed by atoms with Gasteiger partial charge in [-0.3, -0.25) is 9.69 Å². The number of para-hydroxylation sites is 1. The number of anilines is 1. The number of aryl methyl sites for hydroxylation is 1. The molecule has 2 heterocycles. The number of carbonyl (C=O) groups is 1. The number of nitrogens with zero attached hydrogens (tertiary/aromatic N) is 3. The fraction of sp³-hybridized carbons (Fsp3) is 0.300. The molecule has 6 heteroatoms. The van der Waals surface area contributed by atoms with Gasteiger partial charge in [-0.15, -0.1) is 0 Å². The molecule has 0 radical (unpaired) electrons. The predicted octanol–water partition coefficient (Wildman–Crippen LogP) is 4.26. The Morgan fingerprint density at radius 1 is 1.23 bits per heavy atom. The number of nitrogens with one attached hydrogen (secondary N) is 1. The zero-order chi connectivity index (χ0) is 18.5. The summed E-state index contributed by atoms with van der Waals surface area (Å²) in [5.74, 6) is -0.000686. The number of amides is 1. The van der Waals surface area contributed by atoms with Crippen LogP contribution in [0.5, 0.6) is 0 Å². The molecule has 1 amide bonds. The van der Waals surface area contributed by atoms with Gasteiger partial charge in [0.25, 0.3) is 0 Å². The second-order valence-corrected chi connectivity index (χ2v) is 7.33. The van der Waals surface area contributed by atoms with Crippen LogP contribution in [0.4, 0.5) is 5.69 Å². The van der Waals surface area contributed by atoms with Gasteiger partial charge in [0.2, 0.25) is 5.91 Å². The molecule has 0 spiro atoms. The highest BCUT2D eigenvalue weighted by Gasteiger charge is 2.13. The highest BCUT2D eigenvalue weighted by molar-refractivity contribution is 9.10. The Kier molecular flexibility index (Phi) is 6.06. The van der Waals surface area contributed by atoms with E-state index in [0.29, 0.717) is 13.1 Å². The largest absolute Gasteiger partial charge is 0.325 e. The maximum atomic E-state index is 12.5. The standard InChI is InChI=1S/C20H23BrN4O/c1-3-10-24(14-20(26)23-18-7-5-4-6-15(18)2)12-17-13-25-11-16(21)8-9-19(25)22-17/h4-9,11,13H,3,10,12,14H2,1-2H3,(H,23,26). The molecule has 0 aliphatic carbocycles. The van der Waals surface area contributed by atoms with E-state index in [4.69, 9.17) is 0 Å². The van der Waals surface area contributed by atoms with Crippen molar-refractivity contribution in [1.82, 2.24) is 14.3 Å². The second kappa shape index (κ2) is 8.47. The highest BCUT2D eigenvalue weighted by Crippen LogP contribution is 2.15. The molecule has 0 unspecified atom stereocenters. The molecule has 0 bridgehead atoms. The number of halogens is 1. The van der Waals surface area contributed by atoms with Crippen LogP contribution in [0.3, 0.4) is 0 Å². The van der Waals surface area contributed by atoms with Crippen LogP contribution in [0.15, 0.2) is 53.3 Å². The molecule has 0 aliphatic rings. The average molecular weight is 415 g/mol. The summed E-state index contributed by atoms with van der Waals surface area (Å²) in [6.45, 7) is 5.95. The van der Waals surface area contributed by atoms with E-state index in [0.717, 1.165) is 40.0 Å². The van der Waals surface area contributed by atoms with Gasteiger partial charge in [0.1, 0.15) is 5.65 Å². The van der Waals surface area contributed by atoms with Crippen LogP contribution in [-0.4, -0.2) is 33.3 Å². The zero-order valence-corrected chi connectivity index (χ0v) is 16.7. The lowest BCUT2D eigenvalue weighted by Crippen LogP contribution is -2.33. The Labute approximate surface area is 162 Å². The van der Waals surface area contributed by atoms with E-state index < -0.39 is 0 Å². The van der Waals surface area contributed by atoms with Crippen LogP contribution in [0.25, 0.3) is 5.65 Å². The third-order valence-electron chi connectivity index (χ3n) is 4.18. The number of fused-ring (bicyclic) bond motifs is 1. The van der Waals surface area contributed by atoms with Crippen LogP contribution < -0.4 is 5.32 Å². The number of rotatable bonds is 7. The molecule has 5 nitrogen and oxygen atoms in total. The van der Waals surface area contributed by atoms with Gasteiger partial charge in [-0.2, -0.15) is 0 Å². The van der Waals surface area contributed by atoms with Crippen molar-refractivity contribution in [2.24, 2.45) is 0 Å². The summed E-state index contributed by atoms with van der Waals surface area (Å²) in [6, 6.07) is 11.8. The molecule has 0 saturated carbocycles. The van der Waals surface area contributed by atoms with Crippen LogP contribution in [-0.2, 0) is 11.3 Å². The van der Waals surface area contributed by atoms with Gasteiger partial charge in [-0.25, -0.2) is 4.98 Å². The molecular formula is C20H23BrN4O. The van der Waals surface area contributed by atoms with E-state index in [2.05, 4.69) is 38.1 Å². The summed E-state index contributed by atoms with van der Waals surface area (Å²) < 4.78 is 3.01. The first-order valence-corrected chi connectivity index (χ1v) is 9.55. The van der Waals surface area contributed by atoms with Crippen molar-refractivity contribution in [1.29, 1.82) is 0 Å². The Bertz CT molecular complexity index is 906. The van der Waals surface area contributed by atoms with Gasteiger partial charge in [0.15, 0.2) is 0 Å². The number of pyridine rings is 1. The first-order valence-electron chi connectivity index (χ1n) is 8.76. The maximum absolute atomic E-state index is 12.5. The van der Waals surface area contributed by atoms with E-state index >= 15 is 0 Å². The van der Waals surface area contributed by atoms with E-state index in [1.54, 1.807) is 0 Å². The minimum Gasteiger partial charge on any atom is -0.325 e. The third-order valence-corrected chi connectivity index (χ3v) is 4.65. The summed E-state index contributed by atoms with van der Waals surface area (Å²) in [5.41, 5.74) is 3.80. The quantitative estimate of drug-likeness (QED) is 0.628. The number of imidazole rings is 1. The predicted molar refractivity (Wildman–Crippen MR) is 108 cm³/mol. The van der Waals surface area contributed by atoms with Crippen molar-refractivity contribution in [2.45, 2.75) is 26.8 Å². The van der Waals surface area contributed by atoms with Gasteiger partial charge in [-0.05, 0) is 59.6 Å². The van der Waals surface area contributed by atoms with Gasteiger partial charge in [0, 0.05) is 29.1 Å². The zero-order valence-electron chi connectivity index (χ0n) is 15.1. The lowest BCUT2D eigenvalue weighted by atomic mass is 10.2. The van der Waals surface area contributed by atoms with Crippen molar-refractivity contribution in [3.05, 3.63) is 64.5 Å². The van der Waals surface area contributed by atoms with Crippen LogP contribution in [0.2, 0.25) is 0 Å². The Hall–Kier alpha value is -2.18. The number of aromatic nitrogens is 2. The minimum absolute atomic E-state index is 0.000686. The second-order valence-electron chi connectivity index (χ2n) is 6.42. The summed E-state index contributed by atoms with van der Waals surface area (Å²) in [4.78, 5) is 19.3. The average Bonchev–Trinajstić information content (AvgIpc) is 2.98. The molecule has 0 atom stereocenters. The Morgan fingerprint density at radius 3 is 2.81 bits per heavy atom. The number of carbonyl (C=O) groups excluding carboxylic acids is 1. The number of hydrogen-bond donors (Lipinski definition) is 1. The minimum atomic E-state index is -0.000686. The molecule has 1 N–H and O–H groups in total. The summed E-state index contributed by atoms with van der Waals surface area (Å²) >= 11 is 3.48. The summed E-state index contributed by atoms with van der Waals surface area (Å²) in [5, 5.41) is 3.01. The maximum Gasteiger partial charge on any atom is 0.238 e. The van der Waals surface area contributed by atoms with Crippen molar-refractivity contribution in [2.75, 3.05) is 18.4 Å². The smallest absolute Gasteiger partial charge is 0.238 e. The van der Waals surface area contributed by atoms with Crippen molar-refractivity contribution in [3.8, 4) is 0 Å². The Morgan fingerprint density at radius 2 is 2.04 bits per heavy atom. The van der Waals surface area contributed by atoms with E-state index in [9.17, 15) is 4.79 Å². The molecule has 3 rings (SSSR count). The fourth-order valence-corrected chi connectivity index (χ4v) is 3.31. The van der Waals surface area contributed by atoms with E-state index in [-0.39, 0.29) is 5.91 Å². The first-order chi connectivity index (χ1) is 12.5.